The molecule has 0 amide bonds. The predicted molar refractivity (Wildman–Crippen MR) is 65.4 cm³/mol. The van der Waals surface area contributed by atoms with Gasteiger partial charge in [0.25, 0.3) is 0 Å². The fourth-order valence-corrected chi connectivity index (χ4v) is 1.07. The molecular weight excluding hydrogens is 202 g/mol. The molecule has 0 heterocycles. The molecule has 0 aliphatic rings. The van der Waals surface area contributed by atoms with E-state index in [0.717, 1.165) is 0 Å². The summed E-state index contributed by atoms with van der Waals surface area (Å²) in [6.07, 6.45) is 0. The van der Waals surface area contributed by atoms with Gasteiger partial charge in [-0.1, -0.05) is 35.9 Å². The van der Waals surface area contributed by atoms with Crippen molar-refractivity contribution >= 4 is 5.69 Å². The lowest BCUT2D eigenvalue weighted by atomic mass is 10.2. The molecule has 3 nitrogen and oxygen atoms in total. The van der Waals surface area contributed by atoms with Crippen LogP contribution >= 0.6 is 0 Å². The first-order chi connectivity index (χ1) is 7.59. The number of aromatic hydroxyl groups is 2. The van der Waals surface area contributed by atoms with Crippen molar-refractivity contribution in [1.82, 2.24) is 0 Å². The molecule has 4 N–H and O–H groups in total. The summed E-state index contributed by atoms with van der Waals surface area (Å²) < 4.78 is 0. The topological polar surface area (TPSA) is 66.5 Å². The van der Waals surface area contributed by atoms with E-state index in [-0.39, 0.29) is 17.2 Å². The highest BCUT2D eigenvalue weighted by Gasteiger charge is 1.94. The van der Waals surface area contributed by atoms with E-state index < -0.39 is 0 Å². The molecule has 0 aromatic heterocycles. The zero-order chi connectivity index (χ0) is 12.0. The van der Waals surface area contributed by atoms with Gasteiger partial charge in [0.15, 0.2) is 0 Å². The van der Waals surface area contributed by atoms with Crippen LogP contribution < -0.4 is 5.73 Å². The van der Waals surface area contributed by atoms with Crippen LogP contribution in [0.2, 0.25) is 0 Å². The molecule has 0 spiro atoms. The summed E-state index contributed by atoms with van der Waals surface area (Å²) in [5, 5.41) is 17.5. The normalized spacial score (nSPS) is 9.06. The Balaban J connectivity index is 0.000000165. The van der Waals surface area contributed by atoms with Crippen LogP contribution in [0.25, 0.3) is 0 Å². The van der Waals surface area contributed by atoms with Crippen LogP contribution in [-0.2, 0) is 0 Å². The zero-order valence-corrected chi connectivity index (χ0v) is 9.09. The lowest BCUT2D eigenvalue weighted by Gasteiger charge is -1.96. The van der Waals surface area contributed by atoms with Gasteiger partial charge in [-0.05, 0) is 19.1 Å². The van der Waals surface area contributed by atoms with E-state index in [9.17, 15) is 0 Å². The molecule has 0 aliphatic carbocycles. The van der Waals surface area contributed by atoms with Gasteiger partial charge in [0.1, 0.15) is 11.5 Å². The van der Waals surface area contributed by atoms with Crippen LogP contribution in [0.1, 0.15) is 5.56 Å². The molecule has 0 bridgehead atoms. The minimum absolute atomic E-state index is 0.0155. The average Bonchev–Trinajstić information content (AvgIpc) is 2.26. The number of benzene rings is 2. The third kappa shape index (κ3) is 3.92. The fourth-order valence-electron chi connectivity index (χ4n) is 1.07. The van der Waals surface area contributed by atoms with Gasteiger partial charge < -0.3 is 15.9 Å². The smallest absolute Gasteiger partial charge is 0.142 e. The highest BCUT2D eigenvalue weighted by molar-refractivity contribution is 5.54. The lowest BCUT2D eigenvalue weighted by Crippen LogP contribution is -1.82. The highest BCUT2D eigenvalue weighted by atomic mass is 16.3. The van der Waals surface area contributed by atoms with Crippen molar-refractivity contribution in [2.75, 3.05) is 5.73 Å². The van der Waals surface area contributed by atoms with Gasteiger partial charge >= 0.3 is 0 Å². The molecule has 0 radical (unpaired) electrons. The molecule has 0 unspecified atom stereocenters. The molecular formula is C13H15NO2. The summed E-state index contributed by atoms with van der Waals surface area (Å²) in [6.45, 7) is 2.08. The van der Waals surface area contributed by atoms with Crippen molar-refractivity contribution in [3.63, 3.8) is 0 Å². The Hall–Kier alpha value is -2.16. The quantitative estimate of drug-likeness (QED) is 0.361. The highest BCUT2D eigenvalue weighted by Crippen LogP contribution is 2.23. The van der Waals surface area contributed by atoms with Gasteiger partial charge in [-0.15, -0.1) is 0 Å². The Morgan fingerprint density at radius 3 is 1.94 bits per heavy atom. The summed E-state index contributed by atoms with van der Waals surface area (Å²) in [5.41, 5.74) is 6.82. The number of phenols is 2. The van der Waals surface area contributed by atoms with E-state index in [1.165, 1.54) is 23.8 Å². The van der Waals surface area contributed by atoms with Crippen LogP contribution in [-0.4, -0.2) is 10.2 Å². The van der Waals surface area contributed by atoms with E-state index in [1.807, 2.05) is 18.2 Å². The number of nitrogen functional groups attached to an aromatic ring is 1. The van der Waals surface area contributed by atoms with Crippen molar-refractivity contribution in [2.24, 2.45) is 0 Å². The van der Waals surface area contributed by atoms with E-state index in [4.69, 9.17) is 15.9 Å². The zero-order valence-electron chi connectivity index (χ0n) is 9.09. The van der Waals surface area contributed by atoms with Gasteiger partial charge in [-0.3, -0.25) is 0 Å². The SMILES string of the molecule is Cc1ccccc1.Nc1ccc(O)cc1O. The number of rotatable bonds is 0. The Labute approximate surface area is 94.8 Å². The molecule has 3 heteroatoms. The third-order valence-electron chi connectivity index (χ3n) is 1.95. The van der Waals surface area contributed by atoms with Crippen molar-refractivity contribution in [2.45, 2.75) is 6.92 Å². The average molecular weight is 217 g/mol. The second-order valence-electron chi connectivity index (χ2n) is 3.40. The number of anilines is 1. The monoisotopic (exact) mass is 217 g/mol. The predicted octanol–water partition coefficient (Wildman–Crippen LogP) is 2.68. The minimum Gasteiger partial charge on any atom is -0.508 e. The van der Waals surface area contributed by atoms with Gasteiger partial charge in [0.2, 0.25) is 0 Å². The Kier molecular flexibility index (Phi) is 4.21. The molecule has 2 aromatic carbocycles. The molecule has 2 rings (SSSR count). The Bertz CT molecular complexity index is 441. The molecule has 16 heavy (non-hydrogen) atoms. The van der Waals surface area contributed by atoms with Crippen molar-refractivity contribution < 1.29 is 10.2 Å². The standard InChI is InChI=1S/C7H8.C6H7NO2/c1-7-5-3-2-4-6-7;7-5-2-1-4(8)3-6(5)9/h2-6H,1H3;1-3,8-9H,7H2. The largest absolute Gasteiger partial charge is 0.508 e. The summed E-state index contributed by atoms with van der Waals surface area (Å²) in [6, 6.07) is 14.3. The summed E-state index contributed by atoms with van der Waals surface area (Å²) in [5.74, 6) is -0.0725. The molecule has 2 aromatic rings. The van der Waals surface area contributed by atoms with Gasteiger partial charge in [0.05, 0.1) is 5.69 Å². The van der Waals surface area contributed by atoms with E-state index in [2.05, 4.69) is 19.1 Å². The van der Waals surface area contributed by atoms with Crippen molar-refractivity contribution in [3.8, 4) is 11.5 Å². The van der Waals surface area contributed by atoms with Crippen LogP contribution in [0, 0.1) is 6.92 Å². The van der Waals surface area contributed by atoms with E-state index in [0.29, 0.717) is 0 Å². The second-order valence-corrected chi connectivity index (χ2v) is 3.40. The molecule has 0 aliphatic heterocycles. The maximum absolute atomic E-state index is 8.82. The first-order valence-electron chi connectivity index (χ1n) is 4.88. The maximum atomic E-state index is 8.82. The minimum atomic E-state index is -0.0880. The van der Waals surface area contributed by atoms with Crippen LogP contribution in [0.4, 0.5) is 5.69 Å². The summed E-state index contributed by atoms with van der Waals surface area (Å²) in [4.78, 5) is 0. The molecule has 0 saturated heterocycles. The Morgan fingerprint density at radius 2 is 1.56 bits per heavy atom. The first kappa shape index (κ1) is 11.9. The van der Waals surface area contributed by atoms with Gasteiger partial charge in [0, 0.05) is 6.07 Å². The van der Waals surface area contributed by atoms with Crippen LogP contribution in [0.5, 0.6) is 11.5 Å². The number of hydrogen-bond donors (Lipinski definition) is 3. The van der Waals surface area contributed by atoms with Gasteiger partial charge in [-0.2, -0.15) is 0 Å². The van der Waals surface area contributed by atoms with Gasteiger partial charge in [-0.25, -0.2) is 0 Å². The first-order valence-corrected chi connectivity index (χ1v) is 4.88. The molecule has 84 valence electrons. The maximum Gasteiger partial charge on any atom is 0.142 e. The number of aryl methyl sites for hydroxylation is 1. The van der Waals surface area contributed by atoms with Crippen molar-refractivity contribution in [1.29, 1.82) is 0 Å². The second kappa shape index (κ2) is 5.66. The van der Waals surface area contributed by atoms with E-state index >= 15 is 0 Å². The Morgan fingerprint density at radius 1 is 0.938 bits per heavy atom. The van der Waals surface area contributed by atoms with E-state index in [1.54, 1.807) is 0 Å². The third-order valence-corrected chi connectivity index (χ3v) is 1.95. The molecule has 0 saturated carbocycles. The molecule has 0 atom stereocenters. The summed E-state index contributed by atoms with van der Waals surface area (Å²) >= 11 is 0. The van der Waals surface area contributed by atoms with Crippen LogP contribution in [0.3, 0.4) is 0 Å². The fraction of sp³-hybridized carbons (Fsp3) is 0.0769. The number of phenolic OH excluding ortho intramolecular Hbond substituents is 2. The summed E-state index contributed by atoms with van der Waals surface area (Å²) in [7, 11) is 0. The molecule has 0 fully saturated rings. The van der Waals surface area contributed by atoms with Crippen molar-refractivity contribution in [3.05, 3.63) is 54.1 Å². The van der Waals surface area contributed by atoms with Crippen LogP contribution in [0.15, 0.2) is 48.5 Å². The number of hydrogen-bond acceptors (Lipinski definition) is 3. The lowest BCUT2D eigenvalue weighted by molar-refractivity contribution is 0.452. The number of nitrogens with two attached hydrogens (primary N) is 1.